The number of piperidine rings is 1. The lowest BCUT2D eigenvalue weighted by Gasteiger charge is -2.32. The summed E-state index contributed by atoms with van der Waals surface area (Å²) in [5.41, 5.74) is 1.70. The van der Waals surface area contributed by atoms with Crippen molar-refractivity contribution in [1.82, 2.24) is 10.1 Å². The molecular formula is C23H26N4O6. The van der Waals surface area contributed by atoms with Crippen LogP contribution in [0, 0.1) is 16.0 Å². The van der Waals surface area contributed by atoms with Crippen molar-refractivity contribution in [2.45, 2.75) is 19.8 Å². The van der Waals surface area contributed by atoms with Crippen LogP contribution in [-0.4, -0.2) is 49.5 Å². The molecule has 2 heterocycles. The first-order valence-corrected chi connectivity index (χ1v) is 10.6. The molecule has 1 fully saturated rings. The molecule has 0 bridgehead atoms. The number of hydrogen-bond acceptors (Lipinski definition) is 9. The zero-order valence-electron chi connectivity index (χ0n) is 19.0. The summed E-state index contributed by atoms with van der Waals surface area (Å²) in [7, 11) is 4.56. The van der Waals surface area contributed by atoms with Gasteiger partial charge in [0.15, 0.2) is 11.5 Å². The van der Waals surface area contributed by atoms with Gasteiger partial charge in [-0.3, -0.25) is 10.1 Å². The molecule has 0 amide bonds. The maximum Gasteiger partial charge on any atom is 0.293 e. The van der Waals surface area contributed by atoms with Gasteiger partial charge in [0.1, 0.15) is 5.69 Å². The summed E-state index contributed by atoms with van der Waals surface area (Å²) >= 11 is 0. The van der Waals surface area contributed by atoms with Crippen LogP contribution in [0.3, 0.4) is 0 Å². The highest BCUT2D eigenvalue weighted by Crippen LogP contribution is 2.41. The van der Waals surface area contributed by atoms with Gasteiger partial charge in [-0.25, -0.2) is 0 Å². The Hall–Kier alpha value is -3.82. The number of nitro benzene ring substituents is 1. The maximum absolute atomic E-state index is 11.8. The van der Waals surface area contributed by atoms with Crippen molar-refractivity contribution in [2.75, 3.05) is 39.3 Å². The fraction of sp³-hybridized carbons (Fsp3) is 0.391. The number of aromatic nitrogens is 2. The molecule has 0 aliphatic carbocycles. The van der Waals surface area contributed by atoms with Crippen LogP contribution in [-0.2, 0) is 0 Å². The van der Waals surface area contributed by atoms with Crippen LogP contribution in [0.5, 0.6) is 17.2 Å². The number of nitrogens with zero attached hydrogens (tertiary/aromatic N) is 4. The minimum absolute atomic E-state index is 0.0223. The molecule has 10 nitrogen and oxygen atoms in total. The Morgan fingerprint density at radius 3 is 2.42 bits per heavy atom. The molecule has 0 radical (unpaired) electrons. The number of anilines is 1. The molecule has 0 N–H and O–H groups in total. The van der Waals surface area contributed by atoms with Crippen molar-refractivity contribution < 1.29 is 23.7 Å². The number of rotatable bonds is 7. The summed E-state index contributed by atoms with van der Waals surface area (Å²) < 4.78 is 21.5. The van der Waals surface area contributed by atoms with E-state index in [4.69, 9.17) is 18.7 Å². The van der Waals surface area contributed by atoms with Crippen molar-refractivity contribution >= 4 is 11.4 Å². The molecule has 1 aliphatic rings. The highest BCUT2D eigenvalue weighted by atomic mass is 16.6. The second-order valence-electron chi connectivity index (χ2n) is 7.99. The monoisotopic (exact) mass is 454 g/mol. The molecule has 0 unspecified atom stereocenters. The quantitative estimate of drug-likeness (QED) is 0.374. The van der Waals surface area contributed by atoms with Gasteiger partial charge in [0, 0.05) is 30.3 Å². The fourth-order valence-corrected chi connectivity index (χ4v) is 4.15. The van der Waals surface area contributed by atoms with E-state index in [0.717, 1.165) is 25.9 Å². The van der Waals surface area contributed by atoms with Gasteiger partial charge in [0.05, 0.1) is 26.3 Å². The second-order valence-corrected chi connectivity index (χ2v) is 7.99. The molecule has 4 rings (SSSR count). The Balaban J connectivity index is 1.69. The van der Waals surface area contributed by atoms with Crippen LogP contribution in [0.25, 0.3) is 22.8 Å². The zero-order chi connectivity index (χ0) is 23.5. The van der Waals surface area contributed by atoms with Crippen LogP contribution < -0.4 is 19.1 Å². The molecule has 33 heavy (non-hydrogen) atoms. The highest BCUT2D eigenvalue weighted by molar-refractivity contribution is 5.72. The van der Waals surface area contributed by atoms with Gasteiger partial charge in [0.2, 0.25) is 11.6 Å². The van der Waals surface area contributed by atoms with Crippen molar-refractivity contribution in [2.24, 2.45) is 5.92 Å². The Kier molecular flexibility index (Phi) is 6.34. The SMILES string of the molecule is COc1cc(-c2noc(-c3ccc(N4CCC[C@H](C)C4)c([N+](=O)[O-])c3)n2)cc(OC)c1OC. The molecule has 1 aliphatic heterocycles. The van der Waals surface area contributed by atoms with Gasteiger partial charge in [-0.1, -0.05) is 12.1 Å². The number of hydrogen-bond donors (Lipinski definition) is 0. The van der Waals surface area contributed by atoms with Crippen LogP contribution >= 0.6 is 0 Å². The largest absolute Gasteiger partial charge is 0.493 e. The van der Waals surface area contributed by atoms with Crippen molar-refractivity contribution in [3.05, 3.63) is 40.4 Å². The summed E-state index contributed by atoms with van der Waals surface area (Å²) in [6.07, 6.45) is 2.15. The maximum atomic E-state index is 11.8. The third-order valence-electron chi connectivity index (χ3n) is 5.77. The Bertz CT molecular complexity index is 1140. The number of ether oxygens (including phenoxy) is 3. The van der Waals surface area contributed by atoms with Gasteiger partial charge < -0.3 is 23.6 Å². The lowest BCUT2D eigenvalue weighted by atomic mass is 9.99. The topological polar surface area (TPSA) is 113 Å². The number of benzene rings is 2. The first kappa shape index (κ1) is 22.4. The molecule has 1 aromatic heterocycles. The fourth-order valence-electron chi connectivity index (χ4n) is 4.15. The number of nitro groups is 1. The van der Waals surface area contributed by atoms with Crippen molar-refractivity contribution in [3.8, 4) is 40.1 Å². The second kappa shape index (κ2) is 9.35. The molecule has 1 atom stereocenters. The molecule has 0 saturated carbocycles. The van der Waals surface area contributed by atoms with E-state index in [-0.39, 0.29) is 16.5 Å². The molecule has 174 valence electrons. The van der Waals surface area contributed by atoms with Crippen molar-refractivity contribution in [1.29, 1.82) is 0 Å². The van der Waals surface area contributed by atoms with E-state index < -0.39 is 0 Å². The van der Waals surface area contributed by atoms with Gasteiger partial charge in [-0.2, -0.15) is 4.98 Å². The third-order valence-corrected chi connectivity index (χ3v) is 5.77. The van der Waals surface area contributed by atoms with Gasteiger partial charge in [-0.15, -0.1) is 0 Å². The first-order chi connectivity index (χ1) is 15.9. The average Bonchev–Trinajstić information content (AvgIpc) is 3.33. The van der Waals surface area contributed by atoms with E-state index >= 15 is 0 Å². The van der Waals surface area contributed by atoms with Gasteiger partial charge in [0.25, 0.3) is 11.6 Å². The van der Waals surface area contributed by atoms with E-state index in [2.05, 4.69) is 22.0 Å². The average molecular weight is 454 g/mol. The lowest BCUT2D eigenvalue weighted by molar-refractivity contribution is -0.384. The standard InChI is InChI=1S/C23H26N4O6/c1-14-6-5-9-26(13-14)17-8-7-15(10-18(17)27(28)29)23-24-22(25-33-23)16-11-19(30-2)21(32-4)20(12-16)31-3/h7-8,10-12,14H,5-6,9,13H2,1-4H3/t14-/m0/s1. The Morgan fingerprint density at radius 2 is 1.82 bits per heavy atom. The van der Waals surface area contributed by atoms with E-state index in [1.807, 2.05) is 0 Å². The molecule has 3 aromatic rings. The van der Waals surface area contributed by atoms with Gasteiger partial charge >= 0.3 is 0 Å². The van der Waals surface area contributed by atoms with Crippen LogP contribution in [0.1, 0.15) is 19.8 Å². The van der Waals surface area contributed by atoms with E-state index in [9.17, 15) is 10.1 Å². The first-order valence-electron chi connectivity index (χ1n) is 10.6. The normalized spacial score (nSPS) is 15.9. The Labute approximate surface area is 191 Å². The van der Waals surface area contributed by atoms with Crippen LogP contribution in [0.15, 0.2) is 34.9 Å². The van der Waals surface area contributed by atoms with Crippen molar-refractivity contribution in [3.63, 3.8) is 0 Å². The minimum Gasteiger partial charge on any atom is -0.493 e. The summed E-state index contributed by atoms with van der Waals surface area (Å²) in [5, 5.41) is 15.9. The predicted octanol–water partition coefficient (Wildman–Crippen LogP) is 4.57. The summed E-state index contributed by atoms with van der Waals surface area (Å²) in [5.74, 6) is 2.32. The van der Waals surface area contributed by atoms with E-state index in [1.165, 1.54) is 27.4 Å². The van der Waals surface area contributed by atoms with E-state index in [1.54, 1.807) is 24.3 Å². The smallest absolute Gasteiger partial charge is 0.293 e. The van der Waals surface area contributed by atoms with Gasteiger partial charge in [-0.05, 0) is 43.0 Å². The third kappa shape index (κ3) is 4.41. The van der Waals surface area contributed by atoms with Crippen LogP contribution in [0.2, 0.25) is 0 Å². The summed E-state index contributed by atoms with van der Waals surface area (Å²) in [6.45, 7) is 3.76. The highest BCUT2D eigenvalue weighted by Gasteiger charge is 2.25. The predicted molar refractivity (Wildman–Crippen MR) is 122 cm³/mol. The molecule has 10 heteroatoms. The molecule has 0 spiro atoms. The lowest BCUT2D eigenvalue weighted by Crippen LogP contribution is -2.34. The Morgan fingerprint density at radius 1 is 1.09 bits per heavy atom. The summed E-state index contributed by atoms with van der Waals surface area (Å²) in [4.78, 5) is 18.0. The zero-order valence-corrected chi connectivity index (χ0v) is 19.0. The molecule has 2 aromatic carbocycles. The minimum atomic E-state index is -0.366. The van der Waals surface area contributed by atoms with E-state index in [0.29, 0.717) is 45.8 Å². The summed E-state index contributed by atoms with van der Waals surface area (Å²) in [6, 6.07) is 8.43. The molecule has 1 saturated heterocycles. The van der Waals surface area contributed by atoms with Crippen LogP contribution in [0.4, 0.5) is 11.4 Å². The molecular weight excluding hydrogens is 428 g/mol. The number of methoxy groups -OCH3 is 3.